The molecule has 5 heteroatoms. The van der Waals surface area contributed by atoms with Gasteiger partial charge in [-0.25, -0.2) is 0 Å². The Morgan fingerprint density at radius 1 is 1.30 bits per heavy atom. The van der Waals surface area contributed by atoms with E-state index in [1.54, 1.807) is 0 Å². The van der Waals surface area contributed by atoms with Gasteiger partial charge in [-0.15, -0.1) is 10.2 Å². The Balaban J connectivity index is 1.74. The predicted molar refractivity (Wildman–Crippen MR) is 77.8 cm³/mol. The summed E-state index contributed by atoms with van der Waals surface area (Å²) in [5, 5.41) is 12.2. The highest BCUT2D eigenvalue weighted by molar-refractivity contribution is 5.06. The molecule has 1 aliphatic heterocycles. The maximum Gasteiger partial charge on any atom is 0.140 e. The van der Waals surface area contributed by atoms with Crippen LogP contribution in [-0.2, 0) is 4.74 Å². The first-order valence-electron chi connectivity index (χ1n) is 8.10. The van der Waals surface area contributed by atoms with Gasteiger partial charge in [-0.05, 0) is 25.8 Å². The Morgan fingerprint density at radius 3 is 2.95 bits per heavy atom. The van der Waals surface area contributed by atoms with Crippen LogP contribution in [0.2, 0.25) is 0 Å². The lowest BCUT2D eigenvalue weighted by Crippen LogP contribution is -2.36. The minimum Gasteiger partial charge on any atom is -0.379 e. The molecule has 2 atom stereocenters. The molecule has 1 aromatic rings. The molecular formula is C15H26N4O. The van der Waals surface area contributed by atoms with Crippen molar-refractivity contribution in [3.8, 4) is 0 Å². The standard InChI is InChI=1S/C15H26N4O/c1-2-8-16-14-10-20-9-13(14)15-18-17-11-19(15)12-6-4-3-5-7-12/h11-14,16H,2-10H2,1H3. The van der Waals surface area contributed by atoms with E-state index < -0.39 is 0 Å². The third kappa shape index (κ3) is 2.88. The molecule has 1 saturated heterocycles. The summed E-state index contributed by atoms with van der Waals surface area (Å²) in [4.78, 5) is 0. The molecule has 0 spiro atoms. The van der Waals surface area contributed by atoms with E-state index in [1.807, 2.05) is 6.33 Å². The van der Waals surface area contributed by atoms with Gasteiger partial charge in [-0.2, -0.15) is 0 Å². The number of nitrogens with zero attached hydrogens (tertiary/aromatic N) is 3. The molecule has 112 valence electrons. The molecule has 1 aromatic heterocycles. The number of hydrogen-bond acceptors (Lipinski definition) is 4. The average Bonchev–Trinajstić information content (AvgIpc) is 3.14. The van der Waals surface area contributed by atoms with E-state index in [9.17, 15) is 0 Å². The Labute approximate surface area is 121 Å². The molecule has 0 aromatic carbocycles. The normalized spacial score (nSPS) is 28.1. The van der Waals surface area contributed by atoms with Crippen LogP contribution in [0.1, 0.15) is 63.2 Å². The number of aromatic nitrogens is 3. The van der Waals surface area contributed by atoms with E-state index in [4.69, 9.17) is 4.74 Å². The Bertz CT molecular complexity index is 414. The molecule has 2 unspecified atom stereocenters. The third-order valence-electron chi connectivity index (χ3n) is 4.64. The van der Waals surface area contributed by atoms with E-state index in [-0.39, 0.29) is 0 Å². The second-order valence-corrected chi connectivity index (χ2v) is 6.09. The number of nitrogens with one attached hydrogen (secondary N) is 1. The van der Waals surface area contributed by atoms with Gasteiger partial charge in [0.05, 0.1) is 19.1 Å². The first-order valence-corrected chi connectivity index (χ1v) is 8.10. The van der Waals surface area contributed by atoms with Crippen LogP contribution in [0.5, 0.6) is 0 Å². The van der Waals surface area contributed by atoms with Crippen molar-refractivity contribution >= 4 is 0 Å². The number of rotatable bonds is 5. The number of hydrogen-bond donors (Lipinski definition) is 1. The fourth-order valence-electron chi connectivity index (χ4n) is 3.50. The summed E-state index contributed by atoms with van der Waals surface area (Å²) in [6.45, 7) is 4.80. The van der Waals surface area contributed by atoms with Crippen molar-refractivity contribution in [2.75, 3.05) is 19.8 Å². The molecule has 0 amide bonds. The van der Waals surface area contributed by atoms with Crippen molar-refractivity contribution in [3.05, 3.63) is 12.2 Å². The summed E-state index contributed by atoms with van der Waals surface area (Å²) >= 11 is 0. The van der Waals surface area contributed by atoms with Crippen LogP contribution in [0, 0.1) is 0 Å². The zero-order chi connectivity index (χ0) is 13.8. The quantitative estimate of drug-likeness (QED) is 0.897. The maximum absolute atomic E-state index is 5.69. The molecular weight excluding hydrogens is 252 g/mol. The number of ether oxygens (including phenoxy) is 1. The second kappa shape index (κ2) is 6.68. The van der Waals surface area contributed by atoms with Crippen LogP contribution in [-0.4, -0.2) is 40.6 Å². The SMILES string of the molecule is CCCNC1COCC1c1nncn1C1CCCCC1. The topological polar surface area (TPSA) is 52.0 Å². The van der Waals surface area contributed by atoms with Gasteiger partial charge < -0.3 is 14.6 Å². The lowest BCUT2D eigenvalue weighted by atomic mass is 9.94. The summed E-state index contributed by atoms with van der Waals surface area (Å²) in [5.41, 5.74) is 0. The molecule has 2 aliphatic rings. The van der Waals surface area contributed by atoms with Gasteiger partial charge in [-0.3, -0.25) is 0 Å². The summed E-state index contributed by atoms with van der Waals surface area (Å²) in [5.74, 6) is 1.48. The molecule has 0 bridgehead atoms. The predicted octanol–water partition coefficient (Wildman–Crippen LogP) is 2.27. The molecule has 2 heterocycles. The van der Waals surface area contributed by atoms with E-state index in [2.05, 4.69) is 27.0 Å². The van der Waals surface area contributed by atoms with Gasteiger partial charge in [0.1, 0.15) is 12.2 Å². The highest BCUT2D eigenvalue weighted by atomic mass is 16.5. The van der Waals surface area contributed by atoms with Crippen molar-refractivity contribution in [1.82, 2.24) is 20.1 Å². The van der Waals surface area contributed by atoms with Crippen LogP contribution in [0.15, 0.2) is 6.33 Å². The van der Waals surface area contributed by atoms with Crippen molar-refractivity contribution < 1.29 is 4.74 Å². The molecule has 5 nitrogen and oxygen atoms in total. The molecule has 20 heavy (non-hydrogen) atoms. The second-order valence-electron chi connectivity index (χ2n) is 6.09. The minimum absolute atomic E-state index is 0.353. The fraction of sp³-hybridized carbons (Fsp3) is 0.867. The highest BCUT2D eigenvalue weighted by Crippen LogP contribution is 2.32. The van der Waals surface area contributed by atoms with Gasteiger partial charge in [0.25, 0.3) is 0 Å². The zero-order valence-electron chi connectivity index (χ0n) is 12.4. The van der Waals surface area contributed by atoms with Crippen LogP contribution >= 0.6 is 0 Å². The van der Waals surface area contributed by atoms with E-state index >= 15 is 0 Å². The van der Waals surface area contributed by atoms with Gasteiger partial charge in [0.2, 0.25) is 0 Å². The monoisotopic (exact) mass is 278 g/mol. The van der Waals surface area contributed by atoms with Gasteiger partial charge in [-0.1, -0.05) is 26.2 Å². The molecule has 1 saturated carbocycles. The van der Waals surface area contributed by atoms with E-state index in [1.165, 1.54) is 32.1 Å². The lowest BCUT2D eigenvalue weighted by molar-refractivity contribution is 0.186. The van der Waals surface area contributed by atoms with Gasteiger partial charge in [0.15, 0.2) is 0 Å². The summed E-state index contributed by atoms with van der Waals surface area (Å²) in [6.07, 6.45) is 9.67. The first kappa shape index (κ1) is 14.0. The Kier molecular flexibility index (Phi) is 4.68. The minimum atomic E-state index is 0.353. The molecule has 1 N–H and O–H groups in total. The Hall–Kier alpha value is -0.940. The fourth-order valence-corrected chi connectivity index (χ4v) is 3.50. The van der Waals surface area contributed by atoms with E-state index in [0.717, 1.165) is 32.0 Å². The maximum atomic E-state index is 5.69. The van der Waals surface area contributed by atoms with Crippen LogP contribution in [0.4, 0.5) is 0 Å². The van der Waals surface area contributed by atoms with Crippen molar-refractivity contribution in [2.24, 2.45) is 0 Å². The van der Waals surface area contributed by atoms with Crippen molar-refractivity contribution in [2.45, 2.75) is 63.5 Å². The highest BCUT2D eigenvalue weighted by Gasteiger charge is 2.34. The summed E-state index contributed by atoms with van der Waals surface area (Å²) in [6, 6.07) is 0.989. The molecule has 1 aliphatic carbocycles. The zero-order valence-corrected chi connectivity index (χ0v) is 12.4. The third-order valence-corrected chi connectivity index (χ3v) is 4.64. The average molecular weight is 278 g/mol. The van der Waals surface area contributed by atoms with Gasteiger partial charge in [0, 0.05) is 12.1 Å². The lowest BCUT2D eigenvalue weighted by Gasteiger charge is -2.26. The molecule has 0 radical (unpaired) electrons. The largest absolute Gasteiger partial charge is 0.379 e. The van der Waals surface area contributed by atoms with Crippen LogP contribution in [0.25, 0.3) is 0 Å². The first-order chi connectivity index (χ1) is 9.90. The van der Waals surface area contributed by atoms with Crippen LogP contribution < -0.4 is 5.32 Å². The van der Waals surface area contributed by atoms with Crippen molar-refractivity contribution in [1.29, 1.82) is 0 Å². The summed E-state index contributed by atoms with van der Waals surface area (Å²) < 4.78 is 8.02. The smallest absolute Gasteiger partial charge is 0.140 e. The Morgan fingerprint density at radius 2 is 2.15 bits per heavy atom. The molecule has 2 fully saturated rings. The van der Waals surface area contributed by atoms with Crippen molar-refractivity contribution in [3.63, 3.8) is 0 Å². The summed E-state index contributed by atoms with van der Waals surface area (Å²) in [7, 11) is 0. The van der Waals surface area contributed by atoms with E-state index in [0.29, 0.717) is 18.0 Å². The molecule has 3 rings (SSSR count). The van der Waals surface area contributed by atoms with Gasteiger partial charge >= 0.3 is 0 Å². The van der Waals surface area contributed by atoms with Crippen LogP contribution in [0.3, 0.4) is 0 Å².